The van der Waals surface area contributed by atoms with Gasteiger partial charge >= 0.3 is 11.9 Å². The molecule has 25 heavy (non-hydrogen) atoms. The summed E-state index contributed by atoms with van der Waals surface area (Å²) in [6.07, 6.45) is 3.54. The van der Waals surface area contributed by atoms with Gasteiger partial charge in [-0.2, -0.15) is 0 Å². The van der Waals surface area contributed by atoms with Crippen LogP contribution in [-0.2, 0) is 27.4 Å². The summed E-state index contributed by atoms with van der Waals surface area (Å²) in [6, 6.07) is 11.6. The highest BCUT2D eigenvalue weighted by molar-refractivity contribution is 5.90. The van der Waals surface area contributed by atoms with Gasteiger partial charge in [0.05, 0.1) is 24.5 Å². The minimum absolute atomic E-state index is 0.146. The number of morpholine rings is 1. The Balaban J connectivity index is 1.63. The number of carbonyl (C=O) groups is 2. The number of hydrogen-bond donors (Lipinski definition) is 0. The molecule has 3 heterocycles. The van der Waals surface area contributed by atoms with Crippen LogP contribution in [0.4, 0.5) is 0 Å². The predicted octanol–water partition coefficient (Wildman–Crippen LogP) is 0.864. The van der Waals surface area contributed by atoms with E-state index in [1.165, 1.54) is 0 Å². The van der Waals surface area contributed by atoms with E-state index in [1.807, 2.05) is 36.4 Å². The van der Waals surface area contributed by atoms with E-state index >= 15 is 0 Å². The average Bonchev–Trinajstić information content (AvgIpc) is 2.61. The summed E-state index contributed by atoms with van der Waals surface area (Å²) >= 11 is 0. The molecule has 1 fully saturated rings. The normalized spacial score (nSPS) is 15.4. The molecule has 0 saturated carbocycles. The molecule has 0 bridgehead atoms. The highest BCUT2D eigenvalue weighted by Gasteiger charge is 2.24. The summed E-state index contributed by atoms with van der Waals surface area (Å²) in [4.78, 5) is 35.5. The van der Waals surface area contributed by atoms with E-state index in [2.05, 4.69) is 19.6 Å². The third kappa shape index (κ3) is 5.44. The Kier molecular flexibility index (Phi) is 5.81. The third-order valence-corrected chi connectivity index (χ3v) is 3.89. The van der Waals surface area contributed by atoms with Gasteiger partial charge < -0.3 is 4.74 Å². The van der Waals surface area contributed by atoms with Crippen LogP contribution in [0, 0.1) is 0 Å². The molecule has 130 valence electrons. The zero-order chi connectivity index (χ0) is 17.5. The molecule has 1 saturated heterocycles. The van der Waals surface area contributed by atoms with Gasteiger partial charge in [-0.25, -0.2) is 0 Å². The Labute approximate surface area is 146 Å². The second-order valence-electron chi connectivity index (χ2n) is 5.91. The zero-order valence-corrected chi connectivity index (χ0v) is 13.9. The number of pyridine rings is 2. The highest BCUT2D eigenvalue weighted by Crippen LogP contribution is 2.08. The van der Waals surface area contributed by atoms with E-state index in [9.17, 15) is 9.59 Å². The Hall–Kier alpha value is -2.64. The molecule has 7 nitrogen and oxygen atoms in total. The maximum absolute atomic E-state index is 11.4. The van der Waals surface area contributed by atoms with Crippen molar-refractivity contribution in [2.45, 2.75) is 13.1 Å². The Bertz CT molecular complexity index is 651. The summed E-state index contributed by atoms with van der Waals surface area (Å²) in [5, 5.41) is 0. The molecule has 0 spiro atoms. The molecule has 0 atom stereocenters. The minimum atomic E-state index is -0.489. The maximum atomic E-state index is 11.4. The molecule has 7 heteroatoms. The highest BCUT2D eigenvalue weighted by atomic mass is 16.6. The van der Waals surface area contributed by atoms with E-state index in [-0.39, 0.29) is 13.1 Å². The van der Waals surface area contributed by atoms with E-state index in [0.29, 0.717) is 26.2 Å². The van der Waals surface area contributed by atoms with Crippen molar-refractivity contribution in [3.8, 4) is 0 Å². The number of aromatic nitrogens is 2. The fourth-order valence-electron chi connectivity index (χ4n) is 2.71. The van der Waals surface area contributed by atoms with Crippen LogP contribution < -0.4 is 0 Å². The van der Waals surface area contributed by atoms with Crippen molar-refractivity contribution < 1.29 is 14.3 Å². The van der Waals surface area contributed by atoms with Gasteiger partial charge in [0, 0.05) is 38.6 Å². The number of hydrogen-bond acceptors (Lipinski definition) is 7. The molecule has 0 aromatic carbocycles. The van der Waals surface area contributed by atoms with Gasteiger partial charge in [0.2, 0.25) is 0 Å². The second-order valence-corrected chi connectivity index (χ2v) is 5.91. The SMILES string of the molecule is O=C1CN(CCN(Cc2ccccn2)Cc2ccccn2)CC(=O)O1. The van der Waals surface area contributed by atoms with Crippen LogP contribution in [0.25, 0.3) is 0 Å². The summed E-state index contributed by atoms with van der Waals surface area (Å²) in [7, 11) is 0. The minimum Gasteiger partial charge on any atom is -0.391 e. The second kappa shape index (κ2) is 8.46. The molecule has 0 aliphatic carbocycles. The van der Waals surface area contributed by atoms with E-state index < -0.39 is 11.9 Å². The number of cyclic esters (lactones) is 2. The Morgan fingerprint density at radius 2 is 1.48 bits per heavy atom. The summed E-state index contributed by atoms with van der Waals surface area (Å²) in [6.45, 7) is 2.92. The molecule has 1 aliphatic rings. The molecule has 1 aliphatic heterocycles. The van der Waals surface area contributed by atoms with Crippen LogP contribution in [0.15, 0.2) is 48.8 Å². The van der Waals surface area contributed by atoms with Crippen LogP contribution in [0.2, 0.25) is 0 Å². The quantitative estimate of drug-likeness (QED) is 0.547. The standard InChI is InChI=1S/C18H20N4O3/c23-17-13-22(14-18(24)25-17)10-9-21(11-15-5-1-3-7-19-15)12-16-6-2-4-8-20-16/h1-8H,9-14H2. The van der Waals surface area contributed by atoms with E-state index in [0.717, 1.165) is 11.4 Å². The van der Waals surface area contributed by atoms with Crippen LogP contribution in [0.5, 0.6) is 0 Å². The van der Waals surface area contributed by atoms with E-state index in [1.54, 1.807) is 17.3 Å². The summed E-state index contributed by atoms with van der Waals surface area (Å²) in [5.41, 5.74) is 1.93. The van der Waals surface area contributed by atoms with Gasteiger partial charge in [-0.15, -0.1) is 0 Å². The topological polar surface area (TPSA) is 75.6 Å². The van der Waals surface area contributed by atoms with Gasteiger partial charge in [0.25, 0.3) is 0 Å². The fraction of sp³-hybridized carbons (Fsp3) is 0.333. The van der Waals surface area contributed by atoms with Crippen LogP contribution in [0.3, 0.4) is 0 Å². The molecular formula is C18H20N4O3. The van der Waals surface area contributed by atoms with Crippen molar-refractivity contribution in [2.24, 2.45) is 0 Å². The third-order valence-electron chi connectivity index (χ3n) is 3.89. The molecule has 0 amide bonds. The van der Waals surface area contributed by atoms with Crippen molar-refractivity contribution in [1.82, 2.24) is 19.8 Å². The predicted molar refractivity (Wildman–Crippen MR) is 90.1 cm³/mol. The maximum Gasteiger partial charge on any atom is 0.327 e. The molecule has 3 rings (SSSR count). The zero-order valence-electron chi connectivity index (χ0n) is 13.9. The van der Waals surface area contributed by atoms with Gasteiger partial charge in [-0.05, 0) is 24.3 Å². The van der Waals surface area contributed by atoms with Crippen LogP contribution in [0.1, 0.15) is 11.4 Å². The van der Waals surface area contributed by atoms with Crippen LogP contribution >= 0.6 is 0 Å². The lowest BCUT2D eigenvalue weighted by Crippen LogP contribution is -2.45. The first-order valence-electron chi connectivity index (χ1n) is 8.17. The monoisotopic (exact) mass is 340 g/mol. The van der Waals surface area contributed by atoms with Crippen molar-refractivity contribution >= 4 is 11.9 Å². The summed E-state index contributed by atoms with van der Waals surface area (Å²) < 4.78 is 4.56. The van der Waals surface area contributed by atoms with E-state index in [4.69, 9.17) is 0 Å². The van der Waals surface area contributed by atoms with Crippen molar-refractivity contribution in [2.75, 3.05) is 26.2 Å². The lowest BCUT2D eigenvalue weighted by atomic mass is 10.2. The van der Waals surface area contributed by atoms with Crippen LogP contribution in [-0.4, -0.2) is 57.9 Å². The van der Waals surface area contributed by atoms with Gasteiger partial charge in [0.15, 0.2) is 0 Å². The van der Waals surface area contributed by atoms with Crippen molar-refractivity contribution in [1.29, 1.82) is 0 Å². The molecule has 0 N–H and O–H groups in total. The van der Waals surface area contributed by atoms with Gasteiger partial charge in [-0.1, -0.05) is 12.1 Å². The number of nitrogens with zero attached hydrogens (tertiary/aromatic N) is 4. The van der Waals surface area contributed by atoms with Gasteiger partial charge in [0.1, 0.15) is 0 Å². The Morgan fingerprint density at radius 1 is 0.920 bits per heavy atom. The number of carbonyl (C=O) groups excluding carboxylic acids is 2. The first-order valence-corrected chi connectivity index (χ1v) is 8.17. The lowest BCUT2D eigenvalue weighted by Gasteiger charge is -2.28. The van der Waals surface area contributed by atoms with Crippen molar-refractivity contribution in [3.05, 3.63) is 60.2 Å². The first kappa shape index (κ1) is 17.2. The average molecular weight is 340 g/mol. The molecule has 0 radical (unpaired) electrons. The first-order chi connectivity index (χ1) is 12.2. The molecule has 2 aromatic rings. The van der Waals surface area contributed by atoms with Gasteiger partial charge in [-0.3, -0.25) is 29.4 Å². The lowest BCUT2D eigenvalue weighted by molar-refractivity contribution is -0.166. The molecule has 0 unspecified atom stereocenters. The largest absolute Gasteiger partial charge is 0.391 e. The number of esters is 2. The smallest absolute Gasteiger partial charge is 0.327 e. The Morgan fingerprint density at radius 3 is 1.96 bits per heavy atom. The summed E-state index contributed by atoms with van der Waals surface area (Å²) in [5.74, 6) is -0.977. The molecule has 2 aromatic heterocycles. The molecular weight excluding hydrogens is 320 g/mol. The van der Waals surface area contributed by atoms with Crippen molar-refractivity contribution in [3.63, 3.8) is 0 Å². The number of ether oxygens (including phenoxy) is 1. The number of rotatable bonds is 7. The fourth-order valence-corrected chi connectivity index (χ4v) is 2.71.